The summed E-state index contributed by atoms with van der Waals surface area (Å²) in [5.74, 6) is -0.273. The Bertz CT molecular complexity index is 411. The number of amides is 1. The van der Waals surface area contributed by atoms with Crippen LogP contribution in [0.3, 0.4) is 0 Å². The molecule has 1 heterocycles. The average Bonchev–Trinajstić information content (AvgIpc) is 2.21. The Labute approximate surface area is 87.9 Å². The van der Waals surface area contributed by atoms with Crippen LogP contribution in [0.5, 0.6) is 0 Å². The van der Waals surface area contributed by atoms with E-state index in [1.54, 1.807) is 26.2 Å². The first kappa shape index (κ1) is 11.5. The minimum atomic E-state index is -0.273. The van der Waals surface area contributed by atoms with Crippen molar-refractivity contribution in [3.63, 3.8) is 0 Å². The van der Waals surface area contributed by atoms with E-state index >= 15 is 0 Å². The molecule has 3 N–H and O–H groups in total. The van der Waals surface area contributed by atoms with Crippen molar-refractivity contribution >= 4 is 5.91 Å². The number of hydrogen-bond donors (Lipinski definition) is 2. The summed E-state index contributed by atoms with van der Waals surface area (Å²) in [6.07, 6.45) is 1.56. The number of nitrogens with two attached hydrogens (primary N) is 1. The van der Waals surface area contributed by atoms with Crippen LogP contribution in [-0.4, -0.2) is 23.1 Å². The van der Waals surface area contributed by atoms with Crippen LogP contribution in [0.25, 0.3) is 0 Å². The molecule has 1 atom stereocenters. The van der Waals surface area contributed by atoms with E-state index in [1.165, 1.54) is 10.6 Å². The SMILES string of the molecule is C[C@H](CN)NC(=O)c1ccn(C)c(=O)c1. The molecule has 0 bridgehead atoms. The van der Waals surface area contributed by atoms with E-state index in [2.05, 4.69) is 5.32 Å². The van der Waals surface area contributed by atoms with Gasteiger partial charge in [-0.05, 0) is 13.0 Å². The lowest BCUT2D eigenvalue weighted by atomic mass is 10.2. The van der Waals surface area contributed by atoms with Crippen molar-refractivity contribution in [1.82, 2.24) is 9.88 Å². The molecule has 15 heavy (non-hydrogen) atoms. The summed E-state index contributed by atoms with van der Waals surface area (Å²) in [6, 6.07) is 2.81. The van der Waals surface area contributed by atoms with Gasteiger partial charge in [-0.25, -0.2) is 0 Å². The van der Waals surface area contributed by atoms with E-state index in [0.717, 1.165) is 0 Å². The summed E-state index contributed by atoms with van der Waals surface area (Å²) in [6.45, 7) is 2.18. The number of carbonyl (C=O) groups is 1. The van der Waals surface area contributed by atoms with Crippen LogP contribution in [0.1, 0.15) is 17.3 Å². The third-order valence-electron chi connectivity index (χ3n) is 2.10. The van der Waals surface area contributed by atoms with Crippen LogP contribution in [-0.2, 0) is 7.05 Å². The second kappa shape index (κ2) is 4.75. The maximum Gasteiger partial charge on any atom is 0.251 e. The molecule has 0 aliphatic carbocycles. The number of rotatable bonds is 3. The third kappa shape index (κ3) is 2.92. The fourth-order valence-electron chi connectivity index (χ4n) is 1.06. The van der Waals surface area contributed by atoms with E-state index in [0.29, 0.717) is 12.1 Å². The molecular weight excluding hydrogens is 194 g/mol. The predicted octanol–water partition coefficient (Wildman–Crippen LogP) is -0.538. The number of hydrogen-bond acceptors (Lipinski definition) is 3. The minimum absolute atomic E-state index is 0.0958. The topological polar surface area (TPSA) is 77.1 Å². The fourth-order valence-corrected chi connectivity index (χ4v) is 1.06. The highest BCUT2D eigenvalue weighted by atomic mass is 16.2. The molecule has 0 saturated heterocycles. The quantitative estimate of drug-likeness (QED) is 0.702. The molecule has 5 nitrogen and oxygen atoms in total. The van der Waals surface area contributed by atoms with Gasteiger partial charge >= 0.3 is 0 Å². The highest BCUT2D eigenvalue weighted by molar-refractivity contribution is 5.94. The monoisotopic (exact) mass is 209 g/mol. The molecule has 0 spiro atoms. The molecular formula is C10H15N3O2. The summed E-state index contributed by atoms with van der Waals surface area (Å²) in [5, 5.41) is 2.68. The maximum absolute atomic E-state index is 11.6. The first-order valence-electron chi connectivity index (χ1n) is 4.72. The smallest absolute Gasteiger partial charge is 0.251 e. The van der Waals surface area contributed by atoms with Gasteiger partial charge in [0.1, 0.15) is 0 Å². The summed E-state index contributed by atoms with van der Waals surface area (Å²) >= 11 is 0. The summed E-state index contributed by atoms with van der Waals surface area (Å²) in [4.78, 5) is 22.8. The Balaban J connectivity index is 2.83. The number of nitrogens with one attached hydrogen (secondary N) is 1. The Morgan fingerprint density at radius 2 is 2.33 bits per heavy atom. The van der Waals surface area contributed by atoms with Crippen LogP contribution in [0, 0.1) is 0 Å². The largest absolute Gasteiger partial charge is 0.348 e. The minimum Gasteiger partial charge on any atom is -0.348 e. The number of nitrogens with zero attached hydrogens (tertiary/aromatic N) is 1. The molecule has 1 rings (SSSR count). The van der Waals surface area contributed by atoms with Gasteiger partial charge in [0.2, 0.25) is 0 Å². The van der Waals surface area contributed by atoms with E-state index in [1.807, 2.05) is 0 Å². The standard InChI is InChI=1S/C10H15N3O2/c1-7(6-11)12-10(15)8-3-4-13(2)9(14)5-8/h3-5,7H,6,11H2,1-2H3,(H,12,15)/t7-/m1/s1. The van der Waals surface area contributed by atoms with Crippen LogP contribution in [0.4, 0.5) is 0 Å². The molecule has 0 aliphatic rings. The highest BCUT2D eigenvalue weighted by Crippen LogP contribution is 1.94. The molecule has 0 radical (unpaired) electrons. The molecule has 0 unspecified atom stereocenters. The van der Waals surface area contributed by atoms with Crippen molar-refractivity contribution < 1.29 is 4.79 Å². The Morgan fingerprint density at radius 1 is 1.67 bits per heavy atom. The predicted molar refractivity (Wildman–Crippen MR) is 57.7 cm³/mol. The van der Waals surface area contributed by atoms with Crippen molar-refractivity contribution in [1.29, 1.82) is 0 Å². The van der Waals surface area contributed by atoms with Crippen LogP contribution >= 0.6 is 0 Å². The first-order valence-corrected chi connectivity index (χ1v) is 4.72. The van der Waals surface area contributed by atoms with Crippen molar-refractivity contribution in [3.8, 4) is 0 Å². The van der Waals surface area contributed by atoms with E-state index < -0.39 is 0 Å². The third-order valence-corrected chi connectivity index (χ3v) is 2.10. The first-order chi connectivity index (χ1) is 7.04. The zero-order chi connectivity index (χ0) is 11.4. The number of aromatic nitrogens is 1. The van der Waals surface area contributed by atoms with Crippen LogP contribution < -0.4 is 16.6 Å². The average molecular weight is 209 g/mol. The van der Waals surface area contributed by atoms with Crippen molar-refractivity contribution in [2.75, 3.05) is 6.54 Å². The normalized spacial score (nSPS) is 12.2. The van der Waals surface area contributed by atoms with Crippen LogP contribution in [0.2, 0.25) is 0 Å². The highest BCUT2D eigenvalue weighted by Gasteiger charge is 2.08. The molecule has 1 aromatic heterocycles. The van der Waals surface area contributed by atoms with E-state index in [4.69, 9.17) is 5.73 Å². The Hall–Kier alpha value is -1.62. The number of pyridine rings is 1. The summed E-state index contributed by atoms with van der Waals surface area (Å²) in [7, 11) is 1.63. The Kier molecular flexibility index (Phi) is 3.62. The lowest BCUT2D eigenvalue weighted by Crippen LogP contribution is -2.38. The lowest BCUT2D eigenvalue weighted by Gasteiger charge is -2.11. The maximum atomic E-state index is 11.6. The number of aryl methyl sites for hydroxylation is 1. The van der Waals surface area contributed by atoms with Gasteiger partial charge in [0.15, 0.2) is 0 Å². The Morgan fingerprint density at radius 3 is 2.87 bits per heavy atom. The van der Waals surface area contributed by atoms with Crippen LogP contribution in [0.15, 0.2) is 23.1 Å². The molecule has 0 aliphatic heterocycles. The summed E-state index contributed by atoms with van der Waals surface area (Å²) in [5.41, 5.74) is 5.53. The van der Waals surface area contributed by atoms with Gasteiger partial charge < -0.3 is 15.6 Å². The zero-order valence-corrected chi connectivity index (χ0v) is 8.86. The molecule has 0 aromatic carbocycles. The molecule has 1 aromatic rings. The molecule has 1 amide bonds. The molecule has 5 heteroatoms. The molecule has 0 fully saturated rings. The van der Waals surface area contributed by atoms with Gasteiger partial charge in [-0.2, -0.15) is 0 Å². The van der Waals surface area contributed by atoms with Gasteiger partial charge in [-0.1, -0.05) is 0 Å². The number of carbonyl (C=O) groups excluding carboxylic acids is 1. The lowest BCUT2D eigenvalue weighted by molar-refractivity contribution is 0.0941. The molecule has 82 valence electrons. The van der Waals surface area contributed by atoms with Gasteiger partial charge in [-0.3, -0.25) is 9.59 Å². The second-order valence-electron chi connectivity index (χ2n) is 3.47. The molecule has 0 saturated carbocycles. The van der Waals surface area contributed by atoms with Gasteiger partial charge in [0.05, 0.1) is 0 Å². The zero-order valence-electron chi connectivity index (χ0n) is 8.86. The fraction of sp³-hybridized carbons (Fsp3) is 0.400. The van der Waals surface area contributed by atoms with Crippen molar-refractivity contribution in [2.45, 2.75) is 13.0 Å². The van der Waals surface area contributed by atoms with Gasteiger partial charge in [0, 0.05) is 37.5 Å². The van der Waals surface area contributed by atoms with E-state index in [-0.39, 0.29) is 17.5 Å². The van der Waals surface area contributed by atoms with E-state index in [9.17, 15) is 9.59 Å². The van der Waals surface area contributed by atoms with Gasteiger partial charge in [-0.15, -0.1) is 0 Å². The van der Waals surface area contributed by atoms with Gasteiger partial charge in [0.25, 0.3) is 11.5 Å². The second-order valence-corrected chi connectivity index (χ2v) is 3.47. The van der Waals surface area contributed by atoms with Crippen molar-refractivity contribution in [3.05, 3.63) is 34.2 Å². The summed E-state index contributed by atoms with van der Waals surface area (Å²) < 4.78 is 1.41. The van der Waals surface area contributed by atoms with Crippen molar-refractivity contribution in [2.24, 2.45) is 12.8 Å².